The second kappa shape index (κ2) is 12.6. The molecule has 0 radical (unpaired) electrons. The largest absolute Gasteiger partial charge is 0.469 e. The van der Waals surface area contributed by atoms with Crippen molar-refractivity contribution in [2.24, 2.45) is 23.7 Å². The summed E-state index contributed by atoms with van der Waals surface area (Å²) in [5.41, 5.74) is 0. The Morgan fingerprint density at radius 1 is 1.06 bits per heavy atom. The van der Waals surface area contributed by atoms with Crippen LogP contribution in [0.2, 0.25) is 0 Å². The Morgan fingerprint density at radius 2 is 1.74 bits per heavy atom. The van der Waals surface area contributed by atoms with Crippen LogP contribution in [0, 0.1) is 23.7 Å². The second-order valence-electron chi connectivity index (χ2n) is 9.37. The van der Waals surface area contributed by atoms with Gasteiger partial charge in [0, 0.05) is 18.8 Å². The van der Waals surface area contributed by atoms with E-state index >= 15 is 0 Å². The lowest BCUT2D eigenvalue weighted by Gasteiger charge is -2.27. The number of methoxy groups -OCH3 is 1. The molecule has 0 amide bonds. The molecule has 0 aliphatic heterocycles. The van der Waals surface area contributed by atoms with Crippen molar-refractivity contribution in [1.82, 2.24) is 0 Å². The summed E-state index contributed by atoms with van der Waals surface area (Å²) in [6.07, 6.45) is 9.23. The average Bonchev–Trinajstić information content (AvgIpc) is 3.31. The Morgan fingerprint density at radius 3 is 2.32 bits per heavy atom. The van der Waals surface area contributed by atoms with Gasteiger partial charge >= 0.3 is 5.97 Å². The summed E-state index contributed by atoms with van der Waals surface area (Å²) in [7, 11) is -6.35. The summed E-state index contributed by atoms with van der Waals surface area (Å²) < 4.78 is 63.3. The standard InChI is InChI=1S/C23H38O9S2/c1-5-6-9-13-19(31-33(3,26)27)23(32-34(4,28)29)22-17-15-18(24)16(21(17)22)12-10-7-8-11-14-20(25)30-2/h7,10,16-17,19,21-23H,5-6,8-9,11-15H2,1-4H3. The van der Waals surface area contributed by atoms with Crippen LogP contribution in [-0.2, 0) is 42.9 Å². The van der Waals surface area contributed by atoms with E-state index in [0.717, 1.165) is 25.4 Å². The minimum atomic E-state index is -3.87. The van der Waals surface area contributed by atoms with Gasteiger partial charge in [-0.3, -0.25) is 18.0 Å². The molecular weight excluding hydrogens is 484 g/mol. The van der Waals surface area contributed by atoms with E-state index in [-0.39, 0.29) is 35.4 Å². The van der Waals surface area contributed by atoms with E-state index in [2.05, 4.69) is 4.74 Å². The van der Waals surface area contributed by atoms with Gasteiger partial charge in [0.15, 0.2) is 0 Å². The number of Topliss-reactive ketones (excluding diaryl/α,β-unsaturated/α-hetero) is 1. The summed E-state index contributed by atoms with van der Waals surface area (Å²) in [5.74, 6) is -0.727. The lowest BCUT2D eigenvalue weighted by Crippen LogP contribution is -2.38. The Hall–Kier alpha value is -1.30. The van der Waals surface area contributed by atoms with Crippen LogP contribution in [0.1, 0.15) is 64.7 Å². The van der Waals surface area contributed by atoms with Gasteiger partial charge in [0.2, 0.25) is 0 Å². The molecule has 6 atom stereocenters. The van der Waals surface area contributed by atoms with Crippen molar-refractivity contribution in [3.8, 4) is 0 Å². The predicted octanol–water partition coefficient (Wildman–Crippen LogP) is 3.00. The van der Waals surface area contributed by atoms with Crippen LogP contribution < -0.4 is 0 Å². The quantitative estimate of drug-likeness (QED) is 0.130. The van der Waals surface area contributed by atoms with Crippen molar-refractivity contribution >= 4 is 32.0 Å². The SMILES string of the molecule is CCCCCC(OS(C)(=O)=O)C(OS(C)(=O)=O)C1C2CC(=O)C(CC=CCCCC(=O)OC)C21. The Bertz CT molecular complexity index is 939. The van der Waals surface area contributed by atoms with Crippen molar-refractivity contribution in [3.63, 3.8) is 0 Å². The maximum atomic E-state index is 12.5. The van der Waals surface area contributed by atoms with Gasteiger partial charge in [0.05, 0.1) is 19.6 Å². The summed E-state index contributed by atoms with van der Waals surface area (Å²) in [6, 6.07) is 0. The van der Waals surface area contributed by atoms with Crippen molar-refractivity contribution in [2.75, 3.05) is 19.6 Å². The Labute approximate surface area is 203 Å². The smallest absolute Gasteiger partial charge is 0.305 e. The van der Waals surface area contributed by atoms with Gasteiger partial charge in [-0.1, -0.05) is 38.3 Å². The first-order chi connectivity index (χ1) is 15.9. The molecule has 0 aromatic rings. The molecule has 9 nitrogen and oxygen atoms in total. The van der Waals surface area contributed by atoms with E-state index in [1.54, 1.807) is 0 Å². The number of allylic oxidation sites excluding steroid dienone is 2. The van der Waals surface area contributed by atoms with E-state index in [1.807, 2.05) is 19.1 Å². The molecule has 6 unspecified atom stereocenters. The lowest BCUT2D eigenvalue weighted by molar-refractivity contribution is -0.140. The minimum Gasteiger partial charge on any atom is -0.469 e. The summed E-state index contributed by atoms with van der Waals surface area (Å²) >= 11 is 0. The van der Waals surface area contributed by atoms with Crippen LogP contribution >= 0.6 is 0 Å². The first-order valence-corrected chi connectivity index (χ1v) is 15.5. The highest BCUT2D eigenvalue weighted by molar-refractivity contribution is 7.86. The molecule has 2 rings (SSSR count). The van der Waals surface area contributed by atoms with E-state index < -0.39 is 32.4 Å². The third-order valence-electron chi connectivity index (χ3n) is 6.57. The summed E-state index contributed by atoms with van der Waals surface area (Å²) in [4.78, 5) is 23.7. The average molecular weight is 523 g/mol. The van der Waals surface area contributed by atoms with Gasteiger partial charge in [-0.15, -0.1) is 0 Å². The fraction of sp³-hybridized carbons (Fsp3) is 0.826. The number of carbonyl (C=O) groups excluding carboxylic acids is 2. The number of hydrogen-bond donors (Lipinski definition) is 0. The normalized spacial score (nSPS) is 26.4. The number of ketones is 1. The first-order valence-electron chi connectivity index (χ1n) is 11.9. The molecule has 2 aliphatic carbocycles. The van der Waals surface area contributed by atoms with Crippen LogP contribution in [0.25, 0.3) is 0 Å². The molecule has 34 heavy (non-hydrogen) atoms. The molecule has 196 valence electrons. The number of ether oxygens (including phenoxy) is 1. The molecule has 0 bridgehead atoms. The zero-order chi connectivity index (χ0) is 25.5. The van der Waals surface area contributed by atoms with Crippen LogP contribution in [0.4, 0.5) is 0 Å². The van der Waals surface area contributed by atoms with Crippen molar-refractivity contribution in [3.05, 3.63) is 12.2 Å². The van der Waals surface area contributed by atoms with Gasteiger partial charge in [0.1, 0.15) is 18.0 Å². The fourth-order valence-electron chi connectivity index (χ4n) is 5.11. The summed E-state index contributed by atoms with van der Waals surface area (Å²) in [6.45, 7) is 2.02. The zero-order valence-corrected chi connectivity index (χ0v) is 22.1. The molecule has 0 heterocycles. The monoisotopic (exact) mass is 522 g/mol. The van der Waals surface area contributed by atoms with Crippen molar-refractivity contribution in [1.29, 1.82) is 0 Å². The van der Waals surface area contributed by atoms with Gasteiger partial charge in [-0.05, 0) is 43.4 Å². The Balaban J connectivity index is 2.10. The molecular formula is C23H38O9S2. The number of carbonyl (C=O) groups is 2. The van der Waals surface area contributed by atoms with Gasteiger partial charge in [0.25, 0.3) is 20.2 Å². The lowest BCUT2D eigenvalue weighted by atomic mass is 9.90. The molecule has 0 saturated heterocycles. The third kappa shape index (κ3) is 9.05. The highest BCUT2D eigenvalue weighted by Gasteiger charge is 2.65. The van der Waals surface area contributed by atoms with E-state index in [0.29, 0.717) is 44.9 Å². The first kappa shape index (κ1) is 28.9. The summed E-state index contributed by atoms with van der Waals surface area (Å²) in [5, 5.41) is 0. The van der Waals surface area contributed by atoms with Crippen LogP contribution in [0.15, 0.2) is 12.2 Å². The third-order valence-corrected chi connectivity index (χ3v) is 7.73. The predicted molar refractivity (Wildman–Crippen MR) is 127 cm³/mol. The molecule has 0 aromatic heterocycles. The van der Waals surface area contributed by atoms with Crippen molar-refractivity contribution in [2.45, 2.75) is 76.9 Å². The molecule has 11 heteroatoms. The number of esters is 1. The molecule has 2 saturated carbocycles. The van der Waals surface area contributed by atoms with Gasteiger partial charge in [-0.2, -0.15) is 16.8 Å². The van der Waals surface area contributed by atoms with Crippen LogP contribution in [-0.4, -0.2) is 60.4 Å². The molecule has 0 spiro atoms. The van der Waals surface area contributed by atoms with E-state index in [1.165, 1.54) is 7.11 Å². The highest BCUT2D eigenvalue weighted by atomic mass is 32.2. The van der Waals surface area contributed by atoms with Crippen LogP contribution in [0.5, 0.6) is 0 Å². The molecule has 2 fully saturated rings. The maximum Gasteiger partial charge on any atom is 0.305 e. The minimum absolute atomic E-state index is 0.0335. The number of unbranched alkanes of at least 4 members (excludes halogenated alkanes) is 3. The molecule has 0 aromatic carbocycles. The highest BCUT2D eigenvalue weighted by Crippen LogP contribution is 2.62. The Kier molecular flexibility index (Phi) is 10.7. The number of hydrogen-bond acceptors (Lipinski definition) is 9. The zero-order valence-electron chi connectivity index (χ0n) is 20.5. The number of fused-ring (bicyclic) bond motifs is 1. The molecule has 2 aliphatic rings. The van der Waals surface area contributed by atoms with Crippen molar-refractivity contribution < 1.29 is 39.5 Å². The molecule has 0 N–H and O–H groups in total. The fourth-order valence-corrected chi connectivity index (χ4v) is 6.42. The van der Waals surface area contributed by atoms with Gasteiger partial charge < -0.3 is 4.74 Å². The second-order valence-corrected chi connectivity index (χ2v) is 12.6. The van der Waals surface area contributed by atoms with E-state index in [9.17, 15) is 26.4 Å². The maximum absolute atomic E-state index is 12.5. The topological polar surface area (TPSA) is 130 Å². The van der Waals surface area contributed by atoms with Crippen LogP contribution in [0.3, 0.4) is 0 Å². The van der Waals surface area contributed by atoms with Gasteiger partial charge in [-0.25, -0.2) is 0 Å². The van der Waals surface area contributed by atoms with E-state index in [4.69, 9.17) is 8.37 Å². The number of rotatable bonds is 16.